The second-order valence-electron chi connectivity index (χ2n) is 5.26. The molecular weight excluding hydrogens is 288 g/mol. The Labute approximate surface area is 126 Å². The third-order valence-corrected chi connectivity index (χ3v) is 6.08. The Morgan fingerprint density at radius 2 is 1.71 bits per heavy atom. The summed E-state index contributed by atoms with van der Waals surface area (Å²) >= 11 is 0. The summed E-state index contributed by atoms with van der Waals surface area (Å²) in [5, 5.41) is -1.03. The van der Waals surface area contributed by atoms with Gasteiger partial charge in [0, 0.05) is 26.2 Å². The minimum absolute atomic E-state index is 0.207. The van der Waals surface area contributed by atoms with E-state index in [-0.39, 0.29) is 10.8 Å². The highest BCUT2D eigenvalue weighted by atomic mass is 32.2. The molecular formula is C15H22N2O3S. The molecule has 1 unspecified atom stereocenters. The molecule has 1 saturated heterocycles. The van der Waals surface area contributed by atoms with E-state index in [1.165, 1.54) is 19.1 Å². The smallest absolute Gasteiger partial charge is 0.241 e. The van der Waals surface area contributed by atoms with Gasteiger partial charge in [0.1, 0.15) is 5.25 Å². The number of rotatable bonds is 4. The molecule has 1 aliphatic heterocycles. The van der Waals surface area contributed by atoms with Gasteiger partial charge in [0.25, 0.3) is 0 Å². The van der Waals surface area contributed by atoms with Crippen LogP contribution in [-0.4, -0.2) is 62.1 Å². The number of hydrogen-bond acceptors (Lipinski definition) is 4. The zero-order chi connectivity index (χ0) is 15.5. The van der Waals surface area contributed by atoms with E-state index in [9.17, 15) is 13.2 Å². The lowest BCUT2D eigenvalue weighted by Gasteiger charge is -2.35. The molecule has 0 spiro atoms. The molecule has 0 saturated carbocycles. The van der Waals surface area contributed by atoms with Crippen LogP contribution in [0.3, 0.4) is 0 Å². The van der Waals surface area contributed by atoms with Crippen LogP contribution < -0.4 is 0 Å². The highest BCUT2D eigenvalue weighted by Crippen LogP contribution is 2.18. The van der Waals surface area contributed by atoms with E-state index in [0.717, 1.165) is 19.6 Å². The van der Waals surface area contributed by atoms with Gasteiger partial charge >= 0.3 is 0 Å². The number of amides is 1. The van der Waals surface area contributed by atoms with Crippen LogP contribution in [0.2, 0.25) is 0 Å². The predicted molar refractivity (Wildman–Crippen MR) is 81.8 cm³/mol. The number of hydrogen-bond donors (Lipinski definition) is 0. The van der Waals surface area contributed by atoms with Gasteiger partial charge in [-0.3, -0.25) is 4.79 Å². The molecule has 116 valence electrons. The lowest BCUT2D eigenvalue weighted by atomic mass is 10.3. The summed E-state index contributed by atoms with van der Waals surface area (Å²) < 4.78 is 25.0. The number of piperazine rings is 1. The van der Waals surface area contributed by atoms with Crippen LogP contribution >= 0.6 is 0 Å². The van der Waals surface area contributed by atoms with Gasteiger partial charge in [-0.1, -0.05) is 25.1 Å². The maximum atomic E-state index is 12.5. The van der Waals surface area contributed by atoms with Gasteiger partial charge in [0.2, 0.25) is 5.91 Å². The second kappa shape index (κ2) is 6.58. The Bertz CT molecular complexity index is 578. The summed E-state index contributed by atoms with van der Waals surface area (Å²) in [7, 11) is -3.61. The number of sulfone groups is 1. The van der Waals surface area contributed by atoms with Crippen molar-refractivity contribution in [3.05, 3.63) is 30.3 Å². The zero-order valence-electron chi connectivity index (χ0n) is 12.5. The van der Waals surface area contributed by atoms with Crippen LogP contribution in [0, 0.1) is 0 Å². The van der Waals surface area contributed by atoms with Crippen molar-refractivity contribution in [1.29, 1.82) is 0 Å². The molecule has 1 amide bonds. The van der Waals surface area contributed by atoms with Crippen molar-refractivity contribution in [2.75, 3.05) is 32.7 Å². The van der Waals surface area contributed by atoms with Crippen LogP contribution in [0.4, 0.5) is 0 Å². The van der Waals surface area contributed by atoms with E-state index in [2.05, 4.69) is 11.8 Å². The molecule has 1 fully saturated rings. The van der Waals surface area contributed by atoms with Crippen molar-refractivity contribution in [2.24, 2.45) is 0 Å². The average molecular weight is 310 g/mol. The fourth-order valence-corrected chi connectivity index (χ4v) is 3.85. The molecule has 6 heteroatoms. The van der Waals surface area contributed by atoms with Gasteiger partial charge in [-0.25, -0.2) is 8.42 Å². The number of benzene rings is 1. The second-order valence-corrected chi connectivity index (χ2v) is 7.53. The maximum absolute atomic E-state index is 12.5. The summed E-state index contributed by atoms with van der Waals surface area (Å²) in [4.78, 5) is 16.6. The van der Waals surface area contributed by atoms with Crippen molar-refractivity contribution < 1.29 is 13.2 Å². The first-order chi connectivity index (χ1) is 9.96. The molecule has 1 aromatic rings. The van der Waals surface area contributed by atoms with Gasteiger partial charge < -0.3 is 9.80 Å². The van der Waals surface area contributed by atoms with Gasteiger partial charge in [-0.2, -0.15) is 0 Å². The van der Waals surface area contributed by atoms with Crippen molar-refractivity contribution in [2.45, 2.75) is 24.0 Å². The number of carbonyl (C=O) groups excluding carboxylic acids is 1. The minimum atomic E-state index is -3.61. The van der Waals surface area contributed by atoms with Gasteiger partial charge in [0.05, 0.1) is 4.90 Å². The van der Waals surface area contributed by atoms with Crippen LogP contribution in [0.1, 0.15) is 13.8 Å². The summed E-state index contributed by atoms with van der Waals surface area (Å²) in [6.07, 6.45) is 0. The van der Waals surface area contributed by atoms with Crippen LogP contribution in [0.15, 0.2) is 35.2 Å². The Hall–Kier alpha value is -1.40. The van der Waals surface area contributed by atoms with E-state index in [4.69, 9.17) is 0 Å². The predicted octanol–water partition coefficient (Wildman–Crippen LogP) is 1.01. The molecule has 1 atom stereocenters. The van der Waals surface area contributed by atoms with E-state index < -0.39 is 15.1 Å². The van der Waals surface area contributed by atoms with Gasteiger partial charge in [-0.15, -0.1) is 0 Å². The topological polar surface area (TPSA) is 57.7 Å². The summed E-state index contributed by atoms with van der Waals surface area (Å²) in [5.74, 6) is -0.297. The van der Waals surface area contributed by atoms with Crippen LogP contribution in [-0.2, 0) is 14.6 Å². The largest absolute Gasteiger partial charge is 0.339 e. The van der Waals surface area contributed by atoms with Crippen LogP contribution in [0.5, 0.6) is 0 Å². The van der Waals surface area contributed by atoms with E-state index in [1.54, 1.807) is 23.1 Å². The highest BCUT2D eigenvalue weighted by Gasteiger charge is 2.33. The lowest BCUT2D eigenvalue weighted by Crippen LogP contribution is -2.52. The molecule has 0 bridgehead atoms. The lowest BCUT2D eigenvalue weighted by molar-refractivity contribution is -0.132. The number of nitrogens with zero attached hydrogens (tertiary/aromatic N) is 2. The fourth-order valence-electron chi connectivity index (χ4n) is 2.49. The molecule has 0 aromatic heterocycles. The van der Waals surface area contributed by atoms with Crippen molar-refractivity contribution >= 4 is 15.7 Å². The molecule has 0 aliphatic carbocycles. The SMILES string of the molecule is CCN1CCN(C(=O)C(C)S(=O)(=O)c2ccccc2)CC1. The van der Waals surface area contributed by atoms with E-state index in [1.807, 2.05) is 0 Å². The maximum Gasteiger partial charge on any atom is 0.241 e. The molecule has 0 N–H and O–H groups in total. The number of likely N-dealkylation sites (N-methyl/N-ethyl adjacent to an activating group) is 1. The number of carbonyl (C=O) groups is 1. The van der Waals surface area contributed by atoms with Crippen LogP contribution in [0.25, 0.3) is 0 Å². The normalized spacial score (nSPS) is 18.5. The molecule has 2 rings (SSSR count). The molecule has 0 radical (unpaired) electrons. The monoisotopic (exact) mass is 310 g/mol. The fraction of sp³-hybridized carbons (Fsp3) is 0.533. The molecule has 1 heterocycles. The molecule has 1 aliphatic rings. The highest BCUT2D eigenvalue weighted by molar-refractivity contribution is 7.92. The molecule has 1 aromatic carbocycles. The van der Waals surface area contributed by atoms with Gasteiger partial charge in [0.15, 0.2) is 9.84 Å². The molecule has 5 nitrogen and oxygen atoms in total. The summed E-state index contributed by atoms with van der Waals surface area (Å²) in [6, 6.07) is 8.17. The summed E-state index contributed by atoms with van der Waals surface area (Å²) in [5.41, 5.74) is 0. The van der Waals surface area contributed by atoms with E-state index >= 15 is 0 Å². The Morgan fingerprint density at radius 3 is 2.24 bits per heavy atom. The zero-order valence-corrected chi connectivity index (χ0v) is 13.3. The van der Waals surface area contributed by atoms with Crippen molar-refractivity contribution in [3.63, 3.8) is 0 Å². The van der Waals surface area contributed by atoms with Crippen molar-refractivity contribution in [1.82, 2.24) is 9.80 Å². The first kappa shape index (κ1) is 16.0. The Balaban J connectivity index is 2.09. The Morgan fingerprint density at radius 1 is 1.14 bits per heavy atom. The first-order valence-electron chi connectivity index (χ1n) is 7.27. The first-order valence-corrected chi connectivity index (χ1v) is 8.81. The standard InChI is InChI=1S/C15H22N2O3S/c1-3-16-9-11-17(12-10-16)15(18)13(2)21(19,20)14-7-5-4-6-8-14/h4-8,13H,3,9-12H2,1-2H3. The van der Waals surface area contributed by atoms with E-state index in [0.29, 0.717) is 13.1 Å². The average Bonchev–Trinajstić information content (AvgIpc) is 2.54. The third-order valence-electron chi connectivity index (χ3n) is 4.02. The van der Waals surface area contributed by atoms with Crippen molar-refractivity contribution in [3.8, 4) is 0 Å². The quantitative estimate of drug-likeness (QED) is 0.833. The molecule has 21 heavy (non-hydrogen) atoms. The Kier molecular flexibility index (Phi) is 5.00. The third kappa shape index (κ3) is 3.44. The minimum Gasteiger partial charge on any atom is -0.339 e. The van der Waals surface area contributed by atoms with Gasteiger partial charge in [-0.05, 0) is 25.6 Å². The summed E-state index contributed by atoms with van der Waals surface area (Å²) in [6.45, 7) is 7.33.